The lowest BCUT2D eigenvalue weighted by molar-refractivity contribution is -0.144. The van der Waals surface area contributed by atoms with Crippen molar-refractivity contribution in [3.05, 3.63) is 29.8 Å². The largest absolute Gasteiger partial charge is 0.466 e. The van der Waals surface area contributed by atoms with E-state index in [0.717, 1.165) is 11.3 Å². The first-order valence-electron chi connectivity index (χ1n) is 7.96. The summed E-state index contributed by atoms with van der Waals surface area (Å²) in [5.41, 5.74) is 1.87. The van der Waals surface area contributed by atoms with Crippen LogP contribution in [0.4, 0.5) is 10.5 Å². The SMILES string of the molecule is CCOC(=O)CCC(=O)NC[C@H]1CN(c2ccc(C)cc2)C(=O)O1. The number of nitrogens with one attached hydrogen (secondary N) is 1. The zero-order valence-electron chi connectivity index (χ0n) is 13.9. The molecule has 0 aromatic heterocycles. The lowest BCUT2D eigenvalue weighted by Crippen LogP contribution is -2.34. The number of benzene rings is 1. The van der Waals surface area contributed by atoms with Gasteiger partial charge in [0.1, 0.15) is 6.10 Å². The predicted octanol–water partition coefficient (Wildman–Crippen LogP) is 1.78. The second kappa shape index (κ2) is 8.33. The fourth-order valence-corrected chi connectivity index (χ4v) is 2.33. The minimum absolute atomic E-state index is 0.0413. The summed E-state index contributed by atoms with van der Waals surface area (Å²) in [6, 6.07) is 7.56. The highest BCUT2D eigenvalue weighted by Crippen LogP contribution is 2.21. The highest BCUT2D eigenvalue weighted by molar-refractivity contribution is 5.89. The van der Waals surface area contributed by atoms with Crippen molar-refractivity contribution in [1.82, 2.24) is 5.32 Å². The molecule has 1 fully saturated rings. The summed E-state index contributed by atoms with van der Waals surface area (Å²) in [5, 5.41) is 2.67. The Bertz CT molecular complexity index is 600. The molecule has 7 heteroatoms. The quantitative estimate of drug-likeness (QED) is 0.768. The number of carbonyl (C=O) groups excluding carboxylic acids is 3. The van der Waals surface area contributed by atoms with Crippen molar-refractivity contribution >= 4 is 23.7 Å². The summed E-state index contributed by atoms with van der Waals surface area (Å²) in [7, 11) is 0. The molecule has 1 atom stereocenters. The standard InChI is InChI=1S/C17H22N2O5/c1-3-23-16(21)9-8-15(20)18-10-14-11-19(17(22)24-14)13-6-4-12(2)5-7-13/h4-7,14H,3,8-11H2,1-2H3,(H,18,20)/t14-/m0/s1. The van der Waals surface area contributed by atoms with Gasteiger partial charge in [0.15, 0.2) is 0 Å². The van der Waals surface area contributed by atoms with E-state index in [1.807, 2.05) is 31.2 Å². The molecule has 0 saturated carbocycles. The van der Waals surface area contributed by atoms with Gasteiger partial charge in [-0.05, 0) is 26.0 Å². The zero-order valence-corrected chi connectivity index (χ0v) is 13.9. The summed E-state index contributed by atoms with van der Waals surface area (Å²) in [4.78, 5) is 36.4. The molecule has 7 nitrogen and oxygen atoms in total. The molecule has 0 unspecified atom stereocenters. The van der Waals surface area contributed by atoms with Gasteiger partial charge in [-0.3, -0.25) is 14.5 Å². The van der Waals surface area contributed by atoms with Gasteiger partial charge in [-0.1, -0.05) is 17.7 Å². The van der Waals surface area contributed by atoms with Crippen LogP contribution < -0.4 is 10.2 Å². The number of ether oxygens (including phenoxy) is 2. The Morgan fingerprint density at radius 3 is 2.67 bits per heavy atom. The van der Waals surface area contributed by atoms with Crippen LogP contribution in [0.15, 0.2) is 24.3 Å². The van der Waals surface area contributed by atoms with E-state index in [9.17, 15) is 14.4 Å². The molecule has 0 spiro atoms. The Labute approximate surface area is 140 Å². The lowest BCUT2D eigenvalue weighted by atomic mass is 10.2. The van der Waals surface area contributed by atoms with E-state index >= 15 is 0 Å². The number of hydrogen-bond acceptors (Lipinski definition) is 5. The molecule has 0 aliphatic carbocycles. The highest BCUT2D eigenvalue weighted by atomic mass is 16.6. The van der Waals surface area contributed by atoms with E-state index in [-0.39, 0.29) is 25.3 Å². The van der Waals surface area contributed by atoms with Gasteiger partial charge in [0, 0.05) is 12.1 Å². The summed E-state index contributed by atoms with van der Waals surface area (Å²) in [5.74, 6) is -0.668. The Morgan fingerprint density at radius 1 is 1.29 bits per heavy atom. The maximum absolute atomic E-state index is 11.9. The molecule has 2 rings (SSSR count). The first-order valence-corrected chi connectivity index (χ1v) is 7.96. The molecule has 1 aliphatic rings. The van der Waals surface area contributed by atoms with E-state index in [0.29, 0.717) is 13.2 Å². The minimum atomic E-state index is -0.426. The maximum atomic E-state index is 11.9. The molecule has 1 aromatic carbocycles. The van der Waals surface area contributed by atoms with Crippen LogP contribution >= 0.6 is 0 Å². The van der Waals surface area contributed by atoms with E-state index in [4.69, 9.17) is 9.47 Å². The van der Waals surface area contributed by atoms with Crippen LogP contribution in [0, 0.1) is 6.92 Å². The second-order valence-corrected chi connectivity index (χ2v) is 5.56. The first-order chi connectivity index (χ1) is 11.5. The number of cyclic esters (lactones) is 1. The predicted molar refractivity (Wildman–Crippen MR) is 87.7 cm³/mol. The van der Waals surface area contributed by atoms with Gasteiger partial charge in [-0.25, -0.2) is 4.79 Å². The average molecular weight is 334 g/mol. The fraction of sp³-hybridized carbons (Fsp3) is 0.471. The van der Waals surface area contributed by atoms with E-state index in [2.05, 4.69) is 5.32 Å². The monoisotopic (exact) mass is 334 g/mol. The van der Waals surface area contributed by atoms with Crippen LogP contribution in [-0.4, -0.2) is 43.8 Å². The topological polar surface area (TPSA) is 84.9 Å². The van der Waals surface area contributed by atoms with Crippen LogP contribution in [-0.2, 0) is 19.1 Å². The minimum Gasteiger partial charge on any atom is -0.466 e. The van der Waals surface area contributed by atoms with Gasteiger partial charge in [0.25, 0.3) is 0 Å². The number of hydrogen-bond donors (Lipinski definition) is 1. The van der Waals surface area contributed by atoms with E-state index in [1.54, 1.807) is 6.92 Å². The molecule has 1 aliphatic heterocycles. The molecule has 1 aromatic rings. The number of carbonyl (C=O) groups is 3. The van der Waals surface area contributed by atoms with Crippen LogP contribution in [0.2, 0.25) is 0 Å². The van der Waals surface area contributed by atoms with Crippen molar-refractivity contribution in [3.63, 3.8) is 0 Å². The summed E-state index contributed by atoms with van der Waals surface area (Å²) >= 11 is 0. The number of aryl methyl sites for hydroxylation is 1. The van der Waals surface area contributed by atoms with Gasteiger partial charge < -0.3 is 14.8 Å². The molecule has 24 heavy (non-hydrogen) atoms. The van der Waals surface area contributed by atoms with Gasteiger partial charge >= 0.3 is 12.1 Å². The Kier molecular flexibility index (Phi) is 6.17. The summed E-state index contributed by atoms with van der Waals surface area (Å²) in [6.07, 6.45) is -0.740. The van der Waals surface area contributed by atoms with E-state index < -0.39 is 18.2 Å². The third kappa shape index (κ3) is 4.97. The van der Waals surface area contributed by atoms with Crippen LogP contribution in [0.5, 0.6) is 0 Å². The van der Waals surface area contributed by atoms with Crippen molar-refractivity contribution in [1.29, 1.82) is 0 Å². The molecule has 1 saturated heterocycles. The van der Waals surface area contributed by atoms with Crippen molar-refractivity contribution in [3.8, 4) is 0 Å². The molecule has 2 amide bonds. The highest BCUT2D eigenvalue weighted by Gasteiger charge is 2.32. The summed E-state index contributed by atoms with van der Waals surface area (Å²) in [6.45, 7) is 4.58. The number of rotatable bonds is 7. The van der Waals surface area contributed by atoms with Crippen LogP contribution in [0.1, 0.15) is 25.3 Å². The fourth-order valence-electron chi connectivity index (χ4n) is 2.33. The third-order valence-corrected chi connectivity index (χ3v) is 3.61. The normalized spacial score (nSPS) is 16.7. The number of amides is 2. The molecule has 0 bridgehead atoms. The average Bonchev–Trinajstić information content (AvgIpc) is 2.93. The molecule has 1 N–H and O–H groups in total. The number of nitrogens with zero attached hydrogens (tertiary/aromatic N) is 1. The molecule has 0 radical (unpaired) electrons. The van der Waals surface area contributed by atoms with Crippen molar-refractivity contribution in [2.24, 2.45) is 0 Å². The van der Waals surface area contributed by atoms with Gasteiger partial charge in [-0.15, -0.1) is 0 Å². The Morgan fingerprint density at radius 2 is 2.00 bits per heavy atom. The summed E-state index contributed by atoms with van der Waals surface area (Å²) < 4.78 is 10.0. The van der Waals surface area contributed by atoms with E-state index in [1.165, 1.54) is 4.90 Å². The molecular formula is C17H22N2O5. The van der Waals surface area contributed by atoms with Crippen LogP contribution in [0.3, 0.4) is 0 Å². The lowest BCUT2D eigenvalue weighted by Gasteiger charge is -2.13. The Balaban J connectivity index is 1.76. The second-order valence-electron chi connectivity index (χ2n) is 5.56. The van der Waals surface area contributed by atoms with Crippen molar-refractivity contribution in [2.75, 3.05) is 24.6 Å². The molecule has 130 valence electrons. The van der Waals surface area contributed by atoms with Crippen molar-refractivity contribution < 1.29 is 23.9 Å². The smallest absolute Gasteiger partial charge is 0.414 e. The number of anilines is 1. The van der Waals surface area contributed by atoms with Gasteiger partial charge in [0.05, 0.1) is 26.1 Å². The molecular weight excluding hydrogens is 312 g/mol. The zero-order chi connectivity index (χ0) is 17.5. The third-order valence-electron chi connectivity index (χ3n) is 3.61. The molecule has 1 heterocycles. The van der Waals surface area contributed by atoms with Gasteiger partial charge in [0.2, 0.25) is 5.91 Å². The Hall–Kier alpha value is -2.57. The number of esters is 1. The van der Waals surface area contributed by atoms with Crippen molar-refractivity contribution in [2.45, 2.75) is 32.8 Å². The maximum Gasteiger partial charge on any atom is 0.414 e. The first kappa shape index (κ1) is 17.8. The van der Waals surface area contributed by atoms with Crippen LogP contribution in [0.25, 0.3) is 0 Å². The van der Waals surface area contributed by atoms with Gasteiger partial charge in [-0.2, -0.15) is 0 Å².